The third-order valence-corrected chi connectivity index (χ3v) is 6.60. The van der Waals surface area contributed by atoms with Gasteiger partial charge >= 0.3 is 0 Å². The van der Waals surface area contributed by atoms with Crippen LogP contribution in [0, 0.1) is 0 Å². The summed E-state index contributed by atoms with van der Waals surface area (Å²) in [6, 6.07) is 15.6. The molecule has 9 nitrogen and oxygen atoms in total. The molecule has 0 aliphatic carbocycles. The van der Waals surface area contributed by atoms with Crippen molar-refractivity contribution >= 4 is 21.6 Å². The lowest BCUT2D eigenvalue weighted by molar-refractivity contribution is 0.0940. The molecule has 0 aliphatic rings. The first-order chi connectivity index (χ1) is 16.4. The van der Waals surface area contributed by atoms with Crippen molar-refractivity contribution < 1.29 is 17.9 Å². The Balaban J connectivity index is 1.58. The zero-order valence-corrected chi connectivity index (χ0v) is 19.4. The molecule has 0 saturated heterocycles. The highest BCUT2D eigenvalue weighted by Gasteiger charge is 2.24. The number of benzene rings is 2. The van der Waals surface area contributed by atoms with Crippen molar-refractivity contribution in [3.05, 3.63) is 102 Å². The van der Waals surface area contributed by atoms with Crippen molar-refractivity contribution in [1.29, 1.82) is 0 Å². The van der Waals surface area contributed by atoms with Crippen molar-refractivity contribution in [1.82, 2.24) is 19.9 Å². The van der Waals surface area contributed by atoms with Crippen LogP contribution in [-0.4, -0.2) is 36.0 Å². The van der Waals surface area contributed by atoms with Crippen LogP contribution in [0.4, 0.5) is 5.69 Å². The third kappa shape index (κ3) is 4.91. The second kappa shape index (κ2) is 9.75. The third-order valence-electron chi connectivity index (χ3n) is 5.20. The number of carbonyl (C=O) groups is 1. The smallest absolute Gasteiger partial charge is 0.261 e. The number of sulfonamides is 1. The maximum absolute atomic E-state index is 13.1. The number of nitrogens with one attached hydrogen (secondary N) is 2. The molecule has 0 saturated carbocycles. The van der Waals surface area contributed by atoms with E-state index in [9.17, 15) is 13.2 Å². The number of pyridine rings is 1. The van der Waals surface area contributed by atoms with Gasteiger partial charge in [-0.25, -0.2) is 13.4 Å². The molecular weight excluding hydrogens is 454 g/mol. The Bertz CT molecular complexity index is 1390. The molecule has 1 unspecified atom stereocenters. The van der Waals surface area contributed by atoms with Crippen LogP contribution in [0.15, 0.2) is 90.3 Å². The number of para-hydroxylation sites is 1. The first kappa shape index (κ1) is 23.0. The Hall–Kier alpha value is -4.18. The Morgan fingerprint density at radius 1 is 1.00 bits per heavy atom. The van der Waals surface area contributed by atoms with E-state index in [0.717, 1.165) is 5.56 Å². The minimum absolute atomic E-state index is 0.0336. The largest absolute Gasteiger partial charge is 0.496 e. The average molecular weight is 478 g/mol. The van der Waals surface area contributed by atoms with Crippen molar-refractivity contribution in [2.45, 2.75) is 10.9 Å². The summed E-state index contributed by atoms with van der Waals surface area (Å²) in [5.41, 5.74) is 1.44. The number of methoxy groups -OCH3 is 1. The monoisotopic (exact) mass is 477 g/mol. The van der Waals surface area contributed by atoms with Crippen LogP contribution in [0.2, 0.25) is 0 Å². The van der Waals surface area contributed by atoms with E-state index in [1.54, 1.807) is 31.6 Å². The molecule has 1 amide bonds. The zero-order chi connectivity index (χ0) is 24.1. The van der Waals surface area contributed by atoms with E-state index in [-0.39, 0.29) is 10.8 Å². The van der Waals surface area contributed by atoms with Gasteiger partial charge in [0.2, 0.25) is 0 Å². The fourth-order valence-electron chi connectivity index (χ4n) is 3.48. The Morgan fingerprint density at radius 3 is 2.35 bits per heavy atom. The highest BCUT2D eigenvalue weighted by molar-refractivity contribution is 7.92. The van der Waals surface area contributed by atoms with Gasteiger partial charge in [0, 0.05) is 43.0 Å². The molecule has 2 N–H and O–H groups in total. The van der Waals surface area contributed by atoms with Gasteiger partial charge in [-0.1, -0.05) is 18.2 Å². The van der Waals surface area contributed by atoms with E-state index < -0.39 is 16.1 Å². The van der Waals surface area contributed by atoms with Gasteiger partial charge in [0.1, 0.15) is 17.6 Å². The number of hydrogen-bond donors (Lipinski definition) is 2. The van der Waals surface area contributed by atoms with Crippen LogP contribution < -0.4 is 14.8 Å². The van der Waals surface area contributed by atoms with E-state index in [1.165, 1.54) is 36.7 Å². The molecule has 4 rings (SSSR count). The van der Waals surface area contributed by atoms with Crippen molar-refractivity contribution in [2.75, 3.05) is 11.8 Å². The molecule has 0 bridgehead atoms. The Morgan fingerprint density at radius 2 is 1.71 bits per heavy atom. The number of anilines is 1. The SMILES string of the molecule is COc1ccccc1C(NC(=O)c1ccc(S(=O)(=O)Nc2ccncc2)cc1)c1nccn1C. The second-order valence-electron chi connectivity index (χ2n) is 7.41. The minimum atomic E-state index is -3.81. The quantitative estimate of drug-likeness (QED) is 0.403. The standard InChI is InChI=1S/C24H23N5O4S/c1-29-16-15-26-23(29)22(20-5-3-4-6-21(20)33-2)27-24(30)17-7-9-19(10-8-17)34(31,32)28-18-11-13-25-14-12-18/h3-16,22H,1-2H3,(H,25,28)(H,27,30). The average Bonchev–Trinajstić information content (AvgIpc) is 3.28. The predicted molar refractivity (Wildman–Crippen MR) is 127 cm³/mol. The van der Waals surface area contributed by atoms with Crippen LogP contribution in [0.25, 0.3) is 0 Å². The van der Waals surface area contributed by atoms with Gasteiger partial charge < -0.3 is 14.6 Å². The molecule has 34 heavy (non-hydrogen) atoms. The molecule has 174 valence electrons. The lowest BCUT2D eigenvalue weighted by Gasteiger charge is -2.21. The summed E-state index contributed by atoms with van der Waals surface area (Å²) in [6.07, 6.45) is 6.43. The molecule has 1 atom stereocenters. The van der Waals surface area contributed by atoms with Gasteiger partial charge in [0.05, 0.1) is 17.7 Å². The van der Waals surface area contributed by atoms with Crippen molar-refractivity contribution in [3.63, 3.8) is 0 Å². The van der Waals surface area contributed by atoms with E-state index in [4.69, 9.17) is 4.74 Å². The molecule has 0 radical (unpaired) electrons. The molecule has 2 heterocycles. The first-order valence-electron chi connectivity index (χ1n) is 10.3. The van der Waals surface area contributed by atoms with Crippen LogP contribution in [0.1, 0.15) is 27.8 Å². The van der Waals surface area contributed by atoms with Gasteiger partial charge in [-0.15, -0.1) is 0 Å². The summed E-state index contributed by atoms with van der Waals surface area (Å²) in [5.74, 6) is 0.850. The van der Waals surface area contributed by atoms with E-state index >= 15 is 0 Å². The fourth-order valence-corrected chi connectivity index (χ4v) is 4.53. The number of aryl methyl sites for hydroxylation is 1. The van der Waals surface area contributed by atoms with Crippen LogP contribution >= 0.6 is 0 Å². The first-order valence-corrected chi connectivity index (χ1v) is 11.8. The van der Waals surface area contributed by atoms with Crippen LogP contribution in [-0.2, 0) is 17.1 Å². The van der Waals surface area contributed by atoms with E-state index in [1.807, 2.05) is 35.9 Å². The molecule has 0 aliphatic heterocycles. The molecule has 10 heteroatoms. The van der Waals surface area contributed by atoms with Gasteiger partial charge in [-0.2, -0.15) is 0 Å². The molecule has 2 aromatic carbocycles. The predicted octanol–water partition coefficient (Wildman–Crippen LogP) is 3.14. The van der Waals surface area contributed by atoms with E-state index in [2.05, 4.69) is 20.0 Å². The Kier molecular flexibility index (Phi) is 6.60. The molecule has 0 spiro atoms. The molecular formula is C24H23N5O4S. The lowest BCUT2D eigenvalue weighted by atomic mass is 10.0. The number of rotatable bonds is 8. The summed E-state index contributed by atoms with van der Waals surface area (Å²) in [7, 11) is -0.407. The van der Waals surface area contributed by atoms with Crippen molar-refractivity contribution in [3.8, 4) is 5.75 Å². The number of amides is 1. The highest BCUT2D eigenvalue weighted by Crippen LogP contribution is 2.29. The second-order valence-corrected chi connectivity index (χ2v) is 9.09. The zero-order valence-electron chi connectivity index (χ0n) is 18.5. The number of carbonyl (C=O) groups excluding carboxylic acids is 1. The van der Waals surface area contributed by atoms with Gasteiger partial charge in [0.25, 0.3) is 15.9 Å². The van der Waals surface area contributed by atoms with Gasteiger partial charge in [-0.05, 0) is 42.5 Å². The minimum Gasteiger partial charge on any atom is -0.496 e. The summed E-state index contributed by atoms with van der Waals surface area (Å²) < 4.78 is 35.1. The fraction of sp³-hybridized carbons (Fsp3) is 0.125. The summed E-state index contributed by atoms with van der Waals surface area (Å²) in [6.45, 7) is 0. The summed E-state index contributed by atoms with van der Waals surface area (Å²) in [4.78, 5) is 21.4. The molecule has 4 aromatic rings. The van der Waals surface area contributed by atoms with Gasteiger partial charge in [0.15, 0.2) is 0 Å². The molecule has 2 aromatic heterocycles. The number of aromatic nitrogens is 3. The normalized spacial score (nSPS) is 12.1. The van der Waals surface area contributed by atoms with Crippen LogP contribution in [0.3, 0.4) is 0 Å². The summed E-state index contributed by atoms with van der Waals surface area (Å²) >= 11 is 0. The maximum Gasteiger partial charge on any atom is 0.261 e. The van der Waals surface area contributed by atoms with Gasteiger partial charge in [-0.3, -0.25) is 14.5 Å². The Labute approximate surface area is 197 Å². The number of ether oxygens (including phenoxy) is 1. The highest BCUT2D eigenvalue weighted by atomic mass is 32.2. The topological polar surface area (TPSA) is 115 Å². The number of imidazole rings is 1. The van der Waals surface area contributed by atoms with Crippen molar-refractivity contribution in [2.24, 2.45) is 7.05 Å². The molecule has 0 fully saturated rings. The van der Waals surface area contributed by atoms with Crippen LogP contribution in [0.5, 0.6) is 5.75 Å². The summed E-state index contributed by atoms with van der Waals surface area (Å²) in [5, 5.41) is 2.99. The maximum atomic E-state index is 13.1. The number of nitrogens with zero attached hydrogens (tertiary/aromatic N) is 3. The van der Waals surface area contributed by atoms with E-state index in [0.29, 0.717) is 22.8 Å². The number of hydrogen-bond acceptors (Lipinski definition) is 6. The lowest BCUT2D eigenvalue weighted by Crippen LogP contribution is -2.31.